The first kappa shape index (κ1) is 18.9. The first-order chi connectivity index (χ1) is 13.0. The zero-order valence-corrected chi connectivity index (χ0v) is 16.0. The van der Waals surface area contributed by atoms with Crippen LogP contribution in [0, 0.1) is 10.1 Å². The topological polar surface area (TPSA) is 102 Å². The molecule has 0 radical (unpaired) electrons. The van der Waals surface area contributed by atoms with Crippen molar-refractivity contribution in [3.05, 3.63) is 62.5 Å². The van der Waals surface area contributed by atoms with Gasteiger partial charge in [0, 0.05) is 18.7 Å². The highest BCUT2D eigenvalue weighted by molar-refractivity contribution is 8.18. The molecule has 0 bridgehead atoms. The summed E-state index contributed by atoms with van der Waals surface area (Å²) >= 11 is 2.61. The Hall–Kier alpha value is -2.85. The van der Waals surface area contributed by atoms with Gasteiger partial charge in [0.25, 0.3) is 11.6 Å². The zero-order chi connectivity index (χ0) is 19.4. The summed E-state index contributed by atoms with van der Waals surface area (Å²) in [5.74, 6) is -0.197. The second kappa shape index (κ2) is 8.23. The van der Waals surface area contributed by atoms with Crippen molar-refractivity contribution in [1.82, 2.24) is 15.1 Å². The van der Waals surface area contributed by atoms with E-state index in [-0.39, 0.29) is 11.6 Å². The Kier molecular flexibility index (Phi) is 5.77. The van der Waals surface area contributed by atoms with Crippen LogP contribution in [0.4, 0.5) is 10.8 Å². The summed E-state index contributed by atoms with van der Waals surface area (Å²) < 4.78 is 0. The SMILES string of the molecule is C=CCN1C(=O)C(=Cc2ccc([N+](=O)[O-])cc2)SC1=Nc1nnc(CC)s1. The molecule has 0 saturated carbocycles. The van der Waals surface area contributed by atoms with Gasteiger partial charge in [-0.2, -0.15) is 4.99 Å². The monoisotopic (exact) mass is 401 g/mol. The summed E-state index contributed by atoms with van der Waals surface area (Å²) in [6, 6.07) is 6.01. The van der Waals surface area contributed by atoms with Gasteiger partial charge in [0.2, 0.25) is 5.13 Å². The number of carbonyl (C=O) groups excluding carboxylic acids is 1. The molecular formula is C17H15N5O3S2. The number of nitrogens with zero attached hydrogens (tertiary/aromatic N) is 5. The third kappa shape index (κ3) is 4.29. The number of benzene rings is 1. The van der Waals surface area contributed by atoms with Crippen molar-refractivity contribution < 1.29 is 9.72 Å². The normalized spacial score (nSPS) is 17.1. The molecule has 3 rings (SSSR count). The van der Waals surface area contributed by atoms with E-state index in [1.807, 2.05) is 6.92 Å². The number of carbonyl (C=O) groups is 1. The Morgan fingerprint density at radius 2 is 2.07 bits per heavy atom. The van der Waals surface area contributed by atoms with Gasteiger partial charge >= 0.3 is 0 Å². The van der Waals surface area contributed by atoms with E-state index in [0.29, 0.717) is 27.3 Å². The van der Waals surface area contributed by atoms with E-state index in [2.05, 4.69) is 21.8 Å². The Morgan fingerprint density at radius 3 is 2.67 bits per heavy atom. The van der Waals surface area contributed by atoms with Crippen LogP contribution in [-0.4, -0.2) is 37.6 Å². The number of aromatic nitrogens is 2. The van der Waals surface area contributed by atoms with Crippen LogP contribution in [0.25, 0.3) is 6.08 Å². The van der Waals surface area contributed by atoms with E-state index in [1.165, 1.54) is 40.1 Å². The number of nitro benzene ring substituents is 1. The third-order valence-corrected chi connectivity index (χ3v) is 5.52. The van der Waals surface area contributed by atoms with Crippen molar-refractivity contribution in [3.8, 4) is 0 Å². The smallest absolute Gasteiger partial charge is 0.269 e. The van der Waals surface area contributed by atoms with E-state index in [0.717, 1.165) is 11.4 Å². The van der Waals surface area contributed by atoms with Gasteiger partial charge in [0.15, 0.2) is 5.17 Å². The minimum Gasteiger partial charge on any atom is -0.282 e. The van der Waals surface area contributed by atoms with Crippen molar-refractivity contribution >= 4 is 51.1 Å². The largest absolute Gasteiger partial charge is 0.282 e. The minimum atomic E-state index is -0.463. The highest BCUT2D eigenvalue weighted by Crippen LogP contribution is 2.34. The molecule has 1 fully saturated rings. The summed E-state index contributed by atoms with van der Waals surface area (Å²) in [7, 11) is 0. The number of amides is 1. The van der Waals surface area contributed by atoms with Gasteiger partial charge in [-0.05, 0) is 42.0 Å². The lowest BCUT2D eigenvalue weighted by Crippen LogP contribution is -2.29. The van der Waals surface area contributed by atoms with Crippen LogP contribution in [0.15, 0.2) is 46.8 Å². The summed E-state index contributed by atoms with van der Waals surface area (Å²) in [4.78, 5) is 29.4. The molecule has 27 heavy (non-hydrogen) atoms. The predicted molar refractivity (Wildman–Crippen MR) is 107 cm³/mol. The molecule has 2 aromatic rings. The molecule has 1 saturated heterocycles. The van der Waals surface area contributed by atoms with Gasteiger partial charge in [-0.15, -0.1) is 16.8 Å². The number of aliphatic imine (C=N–C) groups is 1. The van der Waals surface area contributed by atoms with Crippen LogP contribution in [0.5, 0.6) is 0 Å². The van der Waals surface area contributed by atoms with Crippen LogP contribution in [0.3, 0.4) is 0 Å². The first-order valence-corrected chi connectivity index (χ1v) is 9.63. The van der Waals surface area contributed by atoms with Gasteiger partial charge in [-0.3, -0.25) is 19.8 Å². The molecule has 0 unspecified atom stereocenters. The molecule has 10 heteroatoms. The van der Waals surface area contributed by atoms with Gasteiger partial charge in [0.1, 0.15) is 5.01 Å². The number of non-ortho nitro benzene ring substituents is 1. The number of hydrogen-bond donors (Lipinski definition) is 0. The number of amidine groups is 1. The number of aryl methyl sites for hydroxylation is 1. The molecule has 1 amide bonds. The number of hydrogen-bond acceptors (Lipinski definition) is 8. The van der Waals surface area contributed by atoms with Crippen LogP contribution in [0.2, 0.25) is 0 Å². The summed E-state index contributed by atoms with van der Waals surface area (Å²) in [5, 5.41) is 20.7. The molecular weight excluding hydrogens is 386 g/mol. The van der Waals surface area contributed by atoms with E-state index in [1.54, 1.807) is 24.3 Å². The highest BCUT2D eigenvalue weighted by atomic mass is 32.2. The average molecular weight is 401 g/mol. The lowest BCUT2D eigenvalue weighted by molar-refractivity contribution is -0.384. The van der Waals surface area contributed by atoms with Gasteiger partial charge in [-0.25, -0.2) is 0 Å². The standard InChI is InChI=1S/C17H15N5O3S2/c1-3-9-21-15(23)13(10-11-5-7-12(8-6-11)22(24)25)26-17(21)18-16-20-19-14(4-2)27-16/h3,5-8,10H,1,4,9H2,2H3. The van der Waals surface area contributed by atoms with Crippen LogP contribution in [-0.2, 0) is 11.2 Å². The predicted octanol–water partition coefficient (Wildman–Crippen LogP) is 3.80. The summed E-state index contributed by atoms with van der Waals surface area (Å²) in [6.07, 6.45) is 4.09. The molecule has 1 aliphatic heterocycles. The maximum atomic E-state index is 12.7. The van der Waals surface area contributed by atoms with E-state index in [4.69, 9.17) is 0 Å². The fourth-order valence-electron chi connectivity index (χ4n) is 2.24. The van der Waals surface area contributed by atoms with Crippen molar-refractivity contribution in [2.24, 2.45) is 4.99 Å². The van der Waals surface area contributed by atoms with E-state index < -0.39 is 4.92 Å². The van der Waals surface area contributed by atoms with Crippen molar-refractivity contribution in [2.45, 2.75) is 13.3 Å². The number of nitro groups is 1. The van der Waals surface area contributed by atoms with Crippen molar-refractivity contribution in [3.63, 3.8) is 0 Å². The molecule has 0 atom stereocenters. The molecule has 138 valence electrons. The van der Waals surface area contributed by atoms with E-state index in [9.17, 15) is 14.9 Å². The highest BCUT2D eigenvalue weighted by Gasteiger charge is 2.33. The van der Waals surface area contributed by atoms with Gasteiger partial charge in [-0.1, -0.05) is 24.3 Å². The lowest BCUT2D eigenvalue weighted by Gasteiger charge is -2.11. The fraction of sp³-hybridized carbons (Fsp3) is 0.176. The van der Waals surface area contributed by atoms with Gasteiger partial charge < -0.3 is 0 Å². The molecule has 0 spiro atoms. The Morgan fingerprint density at radius 1 is 1.33 bits per heavy atom. The maximum absolute atomic E-state index is 12.7. The van der Waals surface area contributed by atoms with Gasteiger partial charge in [0.05, 0.1) is 9.83 Å². The second-order valence-corrected chi connectivity index (χ2v) is 7.44. The molecule has 1 aliphatic rings. The quantitative estimate of drug-likeness (QED) is 0.316. The Labute approximate surface area is 163 Å². The van der Waals surface area contributed by atoms with Crippen LogP contribution < -0.4 is 0 Å². The maximum Gasteiger partial charge on any atom is 0.269 e. The Bertz CT molecular complexity index is 950. The third-order valence-electron chi connectivity index (χ3n) is 3.55. The van der Waals surface area contributed by atoms with Crippen LogP contribution >= 0.6 is 23.1 Å². The second-order valence-electron chi connectivity index (χ2n) is 5.39. The van der Waals surface area contributed by atoms with E-state index >= 15 is 0 Å². The summed E-state index contributed by atoms with van der Waals surface area (Å²) in [5.41, 5.74) is 0.696. The van der Waals surface area contributed by atoms with Crippen molar-refractivity contribution in [2.75, 3.05) is 6.54 Å². The molecule has 0 N–H and O–H groups in total. The molecule has 0 aliphatic carbocycles. The lowest BCUT2D eigenvalue weighted by atomic mass is 10.2. The van der Waals surface area contributed by atoms with Crippen molar-refractivity contribution in [1.29, 1.82) is 0 Å². The summed E-state index contributed by atoms with van der Waals surface area (Å²) in [6.45, 7) is 5.99. The molecule has 8 nitrogen and oxygen atoms in total. The number of rotatable bonds is 6. The van der Waals surface area contributed by atoms with Crippen LogP contribution in [0.1, 0.15) is 17.5 Å². The molecule has 1 aromatic carbocycles. The molecule has 1 aromatic heterocycles. The zero-order valence-electron chi connectivity index (χ0n) is 14.4. The first-order valence-electron chi connectivity index (χ1n) is 7.99. The number of thioether (sulfide) groups is 1. The molecule has 2 heterocycles. The minimum absolute atomic E-state index is 0.00100. The average Bonchev–Trinajstić information content (AvgIpc) is 3.22. The Balaban J connectivity index is 1.89. The fourth-order valence-corrected chi connectivity index (χ4v) is 3.94.